The minimum atomic E-state index is -0.455. The van der Waals surface area contributed by atoms with Crippen LogP contribution in [-0.4, -0.2) is 28.8 Å². The average Bonchev–Trinajstić information content (AvgIpc) is 3.09. The fourth-order valence-electron chi connectivity index (χ4n) is 3.42. The van der Waals surface area contributed by atoms with Crippen LogP contribution in [0.3, 0.4) is 0 Å². The molecule has 8 heteroatoms. The van der Waals surface area contributed by atoms with Crippen molar-refractivity contribution < 1.29 is 14.3 Å². The molecule has 1 aliphatic heterocycles. The highest BCUT2D eigenvalue weighted by Gasteiger charge is 2.40. The number of hydrogen-bond donors (Lipinski definition) is 2. The van der Waals surface area contributed by atoms with Gasteiger partial charge in [0, 0.05) is 22.7 Å². The summed E-state index contributed by atoms with van der Waals surface area (Å²) in [6, 6.07) is 24.3. The zero-order valence-electron chi connectivity index (χ0n) is 18.0. The Hall–Kier alpha value is -3.36. The molecule has 0 bridgehead atoms. The van der Waals surface area contributed by atoms with Gasteiger partial charge in [-0.1, -0.05) is 18.2 Å². The Morgan fingerprint density at radius 2 is 1.61 bits per heavy atom. The van der Waals surface area contributed by atoms with Gasteiger partial charge in [-0.3, -0.25) is 9.59 Å². The summed E-state index contributed by atoms with van der Waals surface area (Å²) in [5.41, 5.74) is 2.30. The molecule has 0 aromatic heterocycles. The number of anilines is 3. The number of rotatable bonds is 7. The van der Waals surface area contributed by atoms with E-state index >= 15 is 0 Å². The molecule has 1 aliphatic rings. The summed E-state index contributed by atoms with van der Waals surface area (Å²) in [4.78, 5) is 27.6. The molecule has 3 aromatic rings. The Bertz CT molecular complexity index is 1140. The van der Waals surface area contributed by atoms with Crippen LogP contribution < -0.4 is 20.3 Å². The lowest BCUT2D eigenvalue weighted by Gasteiger charge is -2.15. The smallest absolute Gasteiger partial charge is 0.247 e. The summed E-state index contributed by atoms with van der Waals surface area (Å²) in [6.45, 7) is 2.46. The number of amides is 2. The Kier molecular flexibility index (Phi) is 7.26. The minimum absolute atomic E-state index is 0.168. The highest BCUT2D eigenvalue weighted by molar-refractivity contribution is 8.00. The molecule has 6 nitrogen and oxygen atoms in total. The Morgan fingerprint density at radius 1 is 0.970 bits per heavy atom. The minimum Gasteiger partial charge on any atom is -0.494 e. The maximum absolute atomic E-state index is 12.9. The zero-order chi connectivity index (χ0) is 23.2. The van der Waals surface area contributed by atoms with E-state index in [0.717, 1.165) is 16.3 Å². The number of nitrogens with one attached hydrogen (secondary N) is 2. The van der Waals surface area contributed by atoms with Gasteiger partial charge in [0.1, 0.15) is 5.75 Å². The van der Waals surface area contributed by atoms with Crippen LogP contribution >= 0.6 is 24.0 Å². The first kappa shape index (κ1) is 22.8. The summed E-state index contributed by atoms with van der Waals surface area (Å²) in [5.74, 6) is 0.306. The predicted molar refractivity (Wildman–Crippen MR) is 137 cm³/mol. The van der Waals surface area contributed by atoms with Gasteiger partial charge >= 0.3 is 0 Å². The lowest BCUT2D eigenvalue weighted by Crippen LogP contribution is -2.31. The molecule has 1 fully saturated rings. The fourth-order valence-corrected chi connectivity index (χ4v) is 4.71. The number of benzene rings is 3. The summed E-state index contributed by atoms with van der Waals surface area (Å²) in [6.07, 6.45) is 0.168. The summed E-state index contributed by atoms with van der Waals surface area (Å²) in [5, 5.41) is 6.30. The van der Waals surface area contributed by atoms with Gasteiger partial charge in [0.2, 0.25) is 11.8 Å². The first-order valence-corrected chi connectivity index (χ1v) is 11.8. The molecule has 0 unspecified atom stereocenters. The molecule has 4 rings (SSSR count). The number of carbonyl (C=O) groups is 2. The standard InChI is InChI=1S/C25H23N3O3S2/c1-2-31-20-12-10-19(11-13-20)28-23(29)16-22(24(28)30)33-21-14-8-18(9-15-21)27-25(32)26-17-6-4-3-5-7-17/h3-15,22H,2,16H2,1H3,(H2,26,27,32)/t22-/m1/s1. The number of thiocarbonyl (C=S) groups is 1. The quantitative estimate of drug-likeness (QED) is 0.353. The molecule has 2 amide bonds. The molecule has 1 heterocycles. The SMILES string of the molecule is CCOc1ccc(N2C(=O)C[C@@H](Sc3ccc(NC(=S)Nc4ccccc4)cc3)C2=O)cc1. The third kappa shape index (κ3) is 5.71. The Labute approximate surface area is 202 Å². The molecular formula is C25H23N3O3S2. The summed E-state index contributed by atoms with van der Waals surface area (Å²) in [7, 11) is 0. The molecule has 1 atom stereocenters. The maximum Gasteiger partial charge on any atom is 0.247 e. The lowest BCUT2D eigenvalue weighted by atomic mass is 10.3. The normalized spacial score (nSPS) is 15.4. The molecule has 3 aromatic carbocycles. The predicted octanol–water partition coefficient (Wildman–Crippen LogP) is 5.32. The number of hydrogen-bond acceptors (Lipinski definition) is 5. The highest BCUT2D eigenvalue weighted by Crippen LogP contribution is 2.34. The third-order valence-electron chi connectivity index (χ3n) is 4.93. The van der Waals surface area contributed by atoms with Crippen LogP contribution in [0.5, 0.6) is 5.75 Å². The second kappa shape index (κ2) is 10.5. The van der Waals surface area contributed by atoms with Gasteiger partial charge in [0.15, 0.2) is 5.11 Å². The summed E-state index contributed by atoms with van der Waals surface area (Å²) >= 11 is 6.74. The molecule has 2 N–H and O–H groups in total. The number of para-hydroxylation sites is 1. The van der Waals surface area contributed by atoms with Gasteiger partial charge in [-0.15, -0.1) is 11.8 Å². The van der Waals surface area contributed by atoms with Crippen molar-refractivity contribution in [2.24, 2.45) is 0 Å². The van der Waals surface area contributed by atoms with Crippen molar-refractivity contribution >= 4 is 58.0 Å². The van der Waals surface area contributed by atoms with E-state index in [1.165, 1.54) is 16.7 Å². The number of nitrogens with zero attached hydrogens (tertiary/aromatic N) is 1. The van der Waals surface area contributed by atoms with E-state index in [0.29, 0.717) is 23.2 Å². The molecule has 0 aliphatic carbocycles. The topological polar surface area (TPSA) is 70.7 Å². The van der Waals surface area contributed by atoms with E-state index in [9.17, 15) is 9.59 Å². The second-order valence-electron chi connectivity index (χ2n) is 7.27. The monoisotopic (exact) mass is 477 g/mol. The van der Waals surface area contributed by atoms with Gasteiger partial charge < -0.3 is 15.4 Å². The molecule has 0 saturated carbocycles. The van der Waals surface area contributed by atoms with Gasteiger partial charge in [0.25, 0.3) is 0 Å². The number of carbonyl (C=O) groups excluding carboxylic acids is 2. The largest absolute Gasteiger partial charge is 0.494 e. The summed E-state index contributed by atoms with van der Waals surface area (Å²) < 4.78 is 5.43. The molecule has 0 radical (unpaired) electrons. The van der Waals surface area contributed by atoms with Gasteiger partial charge in [-0.2, -0.15) is 0 Å². The van der Waals surface area contributed by atoms with Gasteiger partial charge in [-0.25, -0.2) is 4.90 Å². The first-order chi connectivity index (χ1) is 16.0. The van der Waals surface area contributed by atoms with Crippen LogP contribution in [0.15, 0.2) is 83.8 Å². The Morgan fingerprint density at radius 3 is 2.24 bits per heavy atom. The van der Waals surface area contributed by atoms with Crippen LogP contribution in [0, 0.1) is 0 Å². The first-order valence-electron chi connectivity index (χ1n) is 10.5. The molecule has 33 heavy (non-hydrogen) atoms. The van der Waals surface area contributed by atoms with E-state index in [1.807, 2.05) is 61.5 Å². The van der Waals surface area contributed by atoms with Crippen molar-refractivity contribution in [3.8, 4) is 5.75 Å². The van der Waals surface area contributed by atoms with Crippen molar-refractivity contribution in [3.63, 3.8) is 0 Å². The van der Waals surface area contributed by atoms with Crippen LogP contribution in [0.25, 0.3) is 0 Å². The van der Waals surface area contributed by atoms with Crippen molar-refractivity contribution in [2.75, 3.05) is 22.1 Å². The van der Waals surface area contributed by atoms with E-state index in [2.05, 4.69) is 10.6 Å². The number of imide groups is 1. The molecule has 0 spiro atoms. The van der Waals surface area contributed by atoms with E-state index in [4.69, 9.17) is 17.0 Å². The van der Waals surface area contributed by atoms with Crippen molar-refractivity contribution in [1.82, 2.24) is 0 Å². The Balaban J connectivity index is 1.35. The van der Waals surface area contributed by atoms with Crippen molar-refractivity contribution in [2.45, 2.75) is 23.5 Å². The number of ether oxygens (including phenoxy) is 1. The van der Waals surface area contributed by atoms with E-state index in [-0.39, 0.29) is 18.2 Å². The highest BCUT2D eigenvalue weighted by atomic mass is 32.2. The van der Waals surface area contributed by atoms with Crippen LogP contribution in [0.1, 0.15) is 13.3 Å². The van der Waals surface area contributed by atoms with E-state index < -0.39 is 5.25 Å². The van der Waals surface area contributed by atoms with Crippen molar-refractivity contribution in [1.29, 1.82) is 0 Å². The van der Waals surface area contributed by atoms with Crippen LogP contribution in [-0.2, 0) is 9.59 Å². The van der Waals surface area contributed by atoms with Crippen molar-refractivity contribution in [3.05, 3.63) is 78.9 Å². The number of thioether (sulfide) groups is 1. The molecular weight excluding hydrogens is 454 g/mol. The average molecular weight is 478 g/mol. The maximum atomic E-state index is 12.9. The van der Waals surface area contributed by atoms with Crippen LogP contribution in [0.4, 0.5) is 17.1 Å². The molecule has 1 saturated heterocycles. The molecule has 168 valence electrons. The third-order valence-corrected chi connectivity index (χ3v) is 6.33. The van der Waals surface area contributed by atoms with Gasteiger partial charge in [-0.05, 0) is 79.8 Å². The zero-order valence-corrected chi connectivity index (χ0v) is 19.6. The van der Waals surface area contributed by atoms with Gasteiger partial charge in [0.05, 0.1) is 17.5 Å². The van der Waals surface area contributed by atoms with E-state index in [1.54, 1.807) is 24.3 Å². The fraction of sp³-hybridized carbons (Fsp3) is 0.160. The second-order valence-corrected chi connectivity index (χ2v) is 8.96. The van der Waals surface area contributed by atoms with Crippen LogP contribution in [0.2, 0.25) is 0 Å². The lowest BCUT2D eigenvalue weighted by molar-refractivity contribution is -0.121.